The first kappa shape index (κ1) is 25.1. The molecular weight excluding hydrogens is 541 g/mol. The van der Waals surface area contributed by atoms with Gasteiger partial charge in [-0.3, -0.25) is 14.5 Å². The van der Waals surface area contributed by atoms with E-state index in [1.54, 1.807) is 19.1 Å². The molecule has 11 heteroatoms. The first-order chi connectivity index (χ1) is 15.7. The molecule has 2 aromatic rings. The van der Waals surface area contributed by atoms with Crippen LogP contribution in [-0.2, 0) is 20.9 Å². The highest BCUT2D eigenvalue weighted by molar-refractivity contribution is 9.10. The molecule has 174 valence electrons. The number of benzene rings is 2. The van der Waals surface area contributed by atoms with Crippen LogP contribution in [0.2, 0.25) is 5.02 Å². The highest BCUT2D eigenvalue weighted by atomic mass is 79.9. The van der Waals surface area contributed by atoms with E-state index in [0.717, 1.165) is 16.7 Å². The minimum absolute atomic E-state index is 0.0659. The van der Waals surface area contributed by atoms with Gasteiger partial charge < -0.3 is 14.2 Å². The normalized spacial score (nSPS) is 14.7. The highest BCUT2D eigenvalue weighted by Crippen LogP contribution is 2.40. The van der Waals surface area contributed by atoms with E-state index < -0.39 is 22.9 Å². The molecule has 1 heterocycles. The SMILES string of the molecule is CCOc1cc(/C=C2\SC(=O)N(Cc3c(F)cccc3Cl)C2=O)cc(Br)c1OCC(=O)OC. The van der Waals surface area contributed by atoms with E-state index in [2.05, 4.69) is 20.7 Å². The topological polar surface area (TPSA) is 82.1 Å². The quantitative estimate of drug-likeness (QED) is 0.316. The Hall–Kier alpha value is -2.56. The summed E-state index contributed by atoms with van der Waals surface area (Å²) in [6, 6.07) is 7.42. The molecule has 0 saturated carbocycles. The predicted octanol–water partition coefficient (Wildman–Crippen LogP) is 5.43. The molecule has 7 nitrogen and oxygen atoms in total. The minimum atomic E-state index is -0.599. The zero-order valence-corrected chi connectivity index (χ0v) is 20.7. The molecule has 1 saturated heterocycles. The lowest BCUT2D eigenvalue weighted by Crippen LogP contribution is -2.28. The van der Waals surface area contributed by atoms with Crippen LogP contribution < -0.4 is 9.47 Å². The number of rotatable bonds is 8. The Labute approximate surface area is 206 Å². The maximum Gasteiger partial charge on any atom is 0.343 e. The molecule has 0 spiro atoms. The van der Waals surface area contributed by atoms with Crippen molar-refractivity contribution >= 4 is 62.5 Å². The molecule has 3 rings (SSSR count). The van der Waals surface area contributed by atoms with Crippen molar-refractivity contribution in [1.29, 1.82) is 0 Å². The van der Waals surface area contributed by atoms with E-state index >= 15 is 0 Å². The Morgan fingerprint density at radius 1 is 1.27 bits per heavy atom. The van der Waals surface area contributed by atoms with Crippen LogP contribution in [-0.4, -0.2) is 42.3 Å². The van der Waals surface area contributed by atoms with Crippen molar-refractivity contribution < 1.29 is 33.0 Å². The second-order valence-electron chi connectivity index (χ2n) is 6.60. The number of carbonyl (C=O) groups is 3. The summed E-state index contributed by atoms with van der Waals surface area (Å²) in [6.45, 7) is 1.52. The van der Waals surface area contributed by atoms with E-state index in [4.69, 9.17) is 21.1 Å². The molecule has 2 aromatic carbocycles. The smallest absolute Gasteiger partial charge is 0.343 e. The molecule has 0 aliphatic carbocycles. The molecule has 1 fully saturated rings. The molecule has 0 aromatic heterocycles. The van der Waals surface area contributed by atoms with Crippen molar-refractivity contribution in [3.05, 3.63) is 61.7 Å². The van der Waals surface area contributed by atoms with Crippen molar-refractivity contribution in [3.63, 3.8) is 0 Å². The number of ether oxygens (including phenoxy) is 3. The van der Waals surface area contributed by atoms with Gasteiger partial charge in [-0.1, -0.05) is 17.7 Å². The fourth-order valence-corrected chi connectivity index (χ4v) is 4.53. The van der Waals surface area contributed by atoms with Gasteiger partial charge in [-0.2, -0.15) is 0 Å². The largest absolute Gasteiger partial charge is 0.490 e. The van der Waals surface area contributed by atoms with Crippen LogP contribution in [0.3, 0.4) is 0 Å². The number of amides is 2. The van der Waals surface area contributed by atoms with Crippen LogP contribution in [0.5, 0.6) is 11.5 Å². The third kappa shape index (κ3) is 5.87. The van der Waals surface area contributed by atoms with Gasteiger partial charge in [-0.25, -0.2) is 9.18 Å². The zero-order chi connectivity index (χ0) is 24.1. The van der Waals surface area contributed by atoms with Crippen molar-refractivity contribution in [2.24, 2.45) is 0 Å². The van der Waals surface area contributed by atoms with E-state index in [0.29, 0.717) is 28.1 Å². The number of methoxy groups -OCH3 is 1. The number of halogens is 3. The second kappa shape index (κ2) is 11.0. The van der Waals surface area contributed by atoms with E-state index in [1.807, 2.05) is 0 Å². The standard InChI is InChI=1S/C22H18BrClFNO6S/c1-3-31-17-8-12(7-14(23)20(17)32-11-19(27)30-2)9-18-21(28)26(22(29)33-18)10-13-15(24)5-4-6-16(13)25/h4-9H,3,10-11H2,1-2H3/b18-9-. The summed E-state index contributed by atoms with van der Waals surface area (Å²) in [4.78, 5) is 37.8. The van der Waals surface area contributed by atoms with Crippen LogP contribution in [0, 0.1) is 5.82 Å². The van der Waals surface area contributed by atoms with Crippen LogP contribution >= 0.6 is 39.3 Å². The van der Waals surface area contributed by atoms with Crippen molar-refractivity contribution in [2.75, 3.05) is 20.3 Å². The summed E-state index contributed by atoms with van der Waals surface area (Å²) in [5.41, 5.74) is 0.612. The summed E-state index contributed by atoms with van der Waals surface area (Å²) in [7, 11) is 1.25. The number of nitrogens with zero attached hydrogens (tertiary/aromatic N) is 1. The molecule has 1 aliphatic rings. The van der Waals surface area contributed by atoms with Crippen LogP contribution in [0.15, 0.2) is 39.7 Å². The van der Waals surface area contributed by atoms with Crippen LogP contribution in [0.1, 0.15) is 18.1 Å². The van der Waals surface area contributed by atoms with Gasteiger partial charge in [0, 0.05) is 10.6 Å². The second-order valence-corrected chi connectivity index (χ2v) is 8.85. The highest BCUT2D eigenvalue weighted by Gasteiger charge is 2.36. The summed E-state index contributed by atoms with van der Waals surface area (Å²) in [6.07, 6.45) is 1.52. The zero-order valence-electron chi connectivity index (χ0n) is 17.5. The van der Waals surface area contributed by atoms with Crippen molar-refractivity contribution in [3.8, 4) is 11.5 Å². The molecule has 0 atom stereocenters. The number of hydrogen-bond acceptors (Lipinski definition) is 7. The number of hydrogen-bond donors (Lipinski definition) is 0. The van der Waals surface area contributed by atoms with Crippen LogP contribution in [0.4, 0.5) is 9.18 Å². The van der Waals surface area contributed by atoms with Gasteiger partial charge >= 0.3 is 5.97 Å². The first-order valence-corrected chi connectivity index (χ1v) is 11.6. The average molecular weight is 559 g/mol. The molecule has 0 unspecified atom stereocenters. The van der Waals surface area contributed by atoms with Crippen molar-refractivity contribution in [1.82, 2.24) is 4.90 Å². The molecule has 1 aliphatic heterocycles. The molecular formula is C22H18BrClFNO6S. The number of imide groups is 1. The maximum atomic E-state index is 14.1. The number of carbonyl (C=O) groups excluding carboxylic acids is 3. The molecule has 0 radical (unpaired) electrons. The van der Waals surface area contributed by atoms with E-state index in [-0.39, 0.29) is 28.6 Å². The average Bonchev–Trinajstić information content (AvgIpc) is 3.02. The van der Waals surface area contributed by atoms with Crippen molar-refractivity contribution in [2.45, 2.75) is 13.5 Å². The van der Waals surface area contributed by atoms with Gasteiger partial charge in [-0.15, -0.1) is 0 Å². The van der Waals surface area contributed by atoms with E-state index in [1.165, 1.54) is 31.4 Å². The third-order valence-electron chi connectivity index (χ3n) is 4.44. The Balaban J connectivity index is 1.87. The molecule has 0 N–H and O–H groups in total. The molecule has 33 heavy (non-hydrogen) atoms. The summed E-state index contributed by atoms with van der Waals surface area (Å²) in [5.74, 6) is -1.10. The fraction of sp³-hybridized carbons (Fsp3) is 0.227. The predicted molar refractivity (Wildman–Crippen MR) is 126 cm³/mol. The Bertz CT molecular complexity index is 1120. The fourth-order valence-electron chi connectivity index (χ4n) is 2.89. The van der Waals surface area contributed by atoms with Gasteiger partial charge in [0.1, 0.15) is 5.82 Å². The number of thioether (sulfide) groups is 1. The third-order valence-corrected chi connectivity index (χ3v) is 6.29. The van der Waals surface area contributed by atoms with Gasteiger partial charge in [0.25, 0.3) is 11.1 Å². The Morgan fingerprint density at radius 2 is 2.03 bits per heavy atom. The minimum Gasteiger partial charge on any atom is -0.490 e. The number of esters is 1. The maximum absolute atomic E-state index is 14.1. The first-order valence-electron chi connectivity index (χ1n) is 9.59. The van der Waals surface area contributed by atoms with Gasteiger partial charge in [0.05, 0.1) is 29.6 Å². The van der Waals surface area contributed by atoms with Gasteiger partial charge in [-0.05, 0) is 70.5 Å². The summed E-state index contributed by atoms with van der Waals surface area (Å²) < 4.78 is 30.3. The lowest BCUT2D eigenvalue weighted by molar-refractivity contribution is -0.143. The van der Waals surface area contributed by atoms with E-state index in [9.17, 15) is 18.8 Å². The Kier molecular flexibility index (Phi) is 8.39. The molecule has 0 bridgehead atoms. The monoisotopic (exact) mass is 557 g/mol. The van der Waals surface area contributed by atoms with Crippen LogP contribution in [0.25, 0.3) is 6.08 Å². The Morgan fingerprint density at radius 3 is 2.70 bits per heavy atom. The summed E-state index contributed by atoms with van der Waals surface area (Å²) >= 11 is 10.1. The van der Waals surface area contributed by atoms with Gasteiger partial charge in [0.15, 0.2) is 18.1 Å². The van der Waals surface area contributed by atoms with Gasteiger partial charge in [0.2, 0.25) is 0 Å². The molecule has 2 amide bonds. The summed E-state index contributed by atoms with van der Waals surface area (Å²) in [5, 5.41) is -0.404. The lowest BCUT2D eigenvalue weighted by Gasteiger charge is -2.15. The lowest BCUT2D eigenvalue weighted by atomic mass is 10.1.